The lowest BCUT2D eigenvalue weighted by atomic mass is 10.1. The molecule has 0 spiro atoms. The second-order valence-corrected chi connectivity index (χ2v) is 10.3. The highest BCUT2D eigenvalue weighted by Crippen LogP contribution is 2.57. The van der Waals surface area contributed by atoms with Crippen LogP contribution in [-0.4, -0.2) is 64.3 Å². The number of aromatic amines is 1. The molecule has 1 aromatic carbocycles. The number of aliphatic hydroxyl groups is 2. The van der Waals surface area contributed by atoms with Crippen LogP contribution >= 0.6 is 15.6 Å². The number of aliphatic hydroxyl groups excluding tert-OH is 2. The summed E-state index contributed by atoms with van der Waals surface area (Å²) in [6, 6.07) is 9.21. The van der Waals surface area contributed by atoms with Gasteiger partial charge in [0.1, 0.15) is 18.3 Å². The number of aromatic nitrogens is 4. The molecule has 15 nitrogen and oxygen atoms in total. The second kappa shape index (κ2) is 9.40. The number of nitrogens with one attached hydrogen (secondary N) is 1. The van der Waals surface area contributed by atoms with Gasteiger partial charge in [-0.15, -0.1) is 0 Å². The van der Waals surface area contributed by atoms with E-state index < -0.39 is 52.4 Å². The van der Waals surface area contributed by atoms with Gasteiger partial charge in [-0.25, -0.2) is 13.7 Å². The number of nitrogens with zero attached hydrogens (tertiary/aromatic N) is 3. The molecule has 1 saturated heterocycles. The zero-order chi connectivity index (χ0) is 24.7. The molecule has 1 aliphatic heterocycles. The van der Waals surface area contributed by atoms with Crippen LogP contribution in [0.1, 0.15) is 11.8 Å². The van der Waals surface area contributed by atoms with Crippen molar-refractivity contribution < 1.29 is 52.2 Å². The average Bonchev–Trinajstić information content (AvgIpc) is 3.24. The molecule has 2 aromatic heterocycles. The van der Waals surface area contributed by atoms with Crippen molar-refractivity contribution in [1.29, 1.82) is 0 Å². The molecule has 4 rings (SSSR count). The molecule has 1 fully saturated rings. The summed E-state index contributed by atoms with van der Waals surface area (Å²) in [4.78, 5) is 45.9. The van der Waals surface area contributed by atoms with Crippen LogP contribution in [0.2, 0.25) is 0 Å². The molecule has 3 heterocycles. The fraction of sp³-hybridized carbons (Fsp3) is 0.353. The van der Waals surface area contributed by atoms with Gasteiger partial charge in [0.25, 0.3) is 5.56 Å². The van der Waals surface area contributed by atoms with Crippen LogP contribution in [0.25, 0.3) is 11.2 Å². The zero-order valence-electron chi connectivity index (χ0n) is 17.2. The maximum Gasteiger partial charge on any atom is 0.481 e. The maximum atomic E-state index is 12.5. The Kier molecular flexibility index (Phi) is 6.86. The predicted octanol–water partition coefficient (Wildman–Crippen LogP) is -1.09. The van der Waals surface area contributed by atoms with Crippen molar-refractivity contribution in [3.63, 3.8) is 0 Å². The van der Waals surface area contributed by atoms with Crippen molar-refractivity contribution in [3.8, 4) is 0 Å². The van der Waals surface area contributed by atoms with Crippen LogP contribution in [-0.2, 0) is 29.2 Å². The lowest BCUT2D eigenvalue weighted by molar-refractivity contribution is -0.746. The van der Waals surface area contributed by atoms with Gasteiger partial charge in [-0.1, -0.05) is 35.3 Å². The molecule has 5 atom stereocenters. The molecule has 184 valence electrons. The highest BCUT2D eigenvalue weighted by molar-refractivity contribution is 7.60. The van der Waals surface area contributed by atoms with Gasteiger partial charge in [0.05, 0.1) is 13.2 Å². The molecule has 3 aromatic rings. The van der Waals surface area contributed by atoms with Gasteiger partial charge in [-0.05, 0) is 5.56 Å². The Bertz CT molecular complexity index is 1320. The first-order valence-electron chi connectivity index (χ1n) is 9.72. The van der Waals surface area contributed by atoms with E-state index in [0.717, 1.165) is 11.9 Å². The third kappa shape index (κ3) is 5.34. The van der Waals surface area contributed by atoms with Crippen molar-refractivity contribution in [2.24, 2.45) is 0 Å². The molecule has 6 N–H and O–H groups in total. The number of fused-ring (bicyclic) bond motifs is 1. The highest BCUT2D eigenvalue weighted by Gasteiger charge is 2.48. The van der Waals surface area contributed by atoms with Crippen LogP contribution in [0.4, 0.5) is 0 Å². The van der Waals surface area contributed by atoms with Gasteiger partial charge in [0.15, 0.2) is 12.7 Å². The number of phosphoric ester groups is 1. The van der Waals surface area contributed by atoms with E-state index in [4.69, 9.17) is 14.5 Å². The van der Waals surface area contributed by atoms with E-state index in [2.05, 4.69) is 18.8 Å². The molecule has 17 heteroatoms. The number of H-pyrrole nitrogens is 1. The SMILES string of the molecule is O=c1[nH]cnc2c1n(Cc1ccccc1)c[n+]2[C@@H]1O[C@H](COP(=O)(O)OP(=O)(O)O)[C@@H](O)[C@H]1O. The first kappa shape index (κ1) is 24.8. The van der Waals surface area contributed by atoms with Gasteiger partial charge in [-0.3, -0.25) is 18.9 Å². The van der Waals surface area contributed by atoms with E-state index in [-0.39, 0.29) is 17.7 Å². The van der Waals surface area contributed by atoms with E-state index in [1.165, 1.54) is 10.9 Å². The largest absolute Gasteiger partial charge is 0.481 e. The minimum atomic E-state index is -5.33. The first-order chi connectivity index (χ1) is 16.0. The number of hydrogen-bond donors (Lipinski definition) is 6. The molecule has 0 bridgehead atoms. The minimum absolute atomic E-state index is 0.134. The fourth-order valence-electron chi connectivity index (χ4n) is 3.60. The number of rotatable bonds is 8. The van der Waals surface area contributed by atoms with Crippen molar-refractivity contribution >= 4 is 26.8 Å². The summed E-state index contributed by atoms with van der Waals surface area (Å²) in [7, 11) is -10.5. The Morgan fingerprint density at radius 2 is 1.85 bits per heavy atom. The summed E-state index contributed by atoms with van der Waals surface area (Å²) in [6.07, 6.45) is -3.23. The molecule has 0 aliphatic carbocycles. The van der Waals surface area contributed by atoms with E-state index in [1.54, 1.807) is 4.57 Å². The first-order valence-corrected chi connectivity index (χ1v) is 12.8. The number of ether oxygens (including phenoxy) is 1. The van der Waals surface area contributed by atoms with Crippen molar-refractivity contribution in [2.75, 3.05) is 6.61 Å². The smallest absolute Gasteiger partial charge is 0.387 e. The van der Waals surface area contributed by atoms with Crippen LogP contribution in [0.5, 0.6) is 0 Å². The topological polar surface area (TPSA) is 218 Å². The molecule has 0 amide bonds. The Hall–Kier alpha value is -2.29. The molecular weight excluding hydrogens is 498 g/mol. The van der Waals surface area contributed by atoms with Crippen LogP contribution < -0.4 is 10.1 Å². The highest BCUT2D eigenvalue weighted by atomic mass is 31.3. The minimum Gasteiger partial charge on any atom is -0.387 e. The Balaban J connectivity index is 1.60. The summed E-state index contributed by atoms with van der Waals surface area (Å²) in [5, 5.41) is 20.9. The van der Waals surface area contributed by atoms with Crippen molar-refractivity contribution in [2.45, 2.75) is 31.1 Å². The predicted molar refractivity (Wildman–Crippen MR) is 111 cm³/mol. The summed E-state index contributed by atoms with van der Waals surface area (Å²) in [5.41, 5.74) is 0.725. The van der Waals surface area contributed by atoms with E-state index in [0.29, 0.717) is 0 Å². The number of phosphoric acid groups is 2. The van der Waals surface area contributed by atoms with E-state index in [9.17, 15) is 29.0 Å². The van der Waals surface area contributed by atoms with E-state index in [1.807, 2.05) is 30.3 Å². The third-order valence-corrected chi connectivity index (χ3v) is 7.18. The van der Waals surface area contributed by atoms with Crippen LogP contribution in [0, 0.1) is 0 Å². The Morgan fingerprint density at radius 3 is 2.53 bits per heavy atom. The lowest BCUT2D eigenvalue weighted by Gasteiger charge is -2.17. The molecule has 0 radical (unpaired) electrons. The summed E-state index contributed by atoms with van der Waals surface area (Å²) in [6.45, 7) is -0.565. The Labute approximate surface area is 190 Å². The monoisotopic (exact) mass is 519 g/mol. The molecule has 0 saturated carbocycles. The summed E-state index contributed by atoms with van der Waals surface area (Å²) in [5.74, 6) is 0. The third-order valence-electron chi connectivity index (χ3n) is 5.02. The van der Waals surface area contributed by atoms with Gasteiger partial charge in [0, 0.05) is 0 Å². The normalized spacial score (nSPS) is 25.0. The number of imidazole rings is 1. The molecule has 1 unspecified atom stereocenters. The second-order valence-electron chi connectivity index (χ2n) is 7.42. The van der Waals surface area contributed by atoms with Gasteiger partial charge < -0.3 is 29.6 Å². The van der Waals surface area contributed by atoms with Crippen LogP contribution in [0.3, 0.4) is 0 Å². The van der Waals surface area contributed by atoms with Gasteiger partial charge in [0.2, 0.25) is 11.7 Å². The van der Waals surface area contributed by atoms with Gasteiger partial charge >= 0.3 is 21.3 Å². The fourth-order valence-corrected chi connectivity index (χ4v) is 5.20. The Morgan fingerprint density at radius 1 is 1.15 bits per heavy atom. The zero-order valence-corrected chi connectivity index (χ0v) is 19.0. The van der Waals surface area contributed by atoms with Crippen molar-refractivity contribution in [1.82, 2.24) is 14.5 Å². The maximum absolute atomic E-state index is 12.5. The van der Waals surface area contributed by atoms with Gasteiger partial charge in [-0.2, -0.15) is 4.31 Å². The lowest BCUT2D eigenvalue weighted by Crippen LogP contribution is -2.46. The summed E-state index contributed by atoms with van der Waals surface area (Å²) < 4.78 is 39.2. The summed E-state index contributed by atoms with van der Waals surface area (Å²) >= 11 is 0. The standard InChI is InChI=1S/C17H20N4O11P2/c22-13-11(7-30-34(28,29)32-33(25,26)27)31-17(14(13)23)21-9-20(6-10-4-2-1-3-5-10)12-15(21)18-8-19-16(12)24/h1-5,8-9,11,13-14,17,22-23H,6-7H2,(H3-,18,19,24,25,26,27,28,29)/p+1/t11-,13-,14-,17-/m1/s1. The van der Waals surface area contributed by atoms with Crippen LogP contribution in [0.15, 0.2) is 47.8 Å². The molecule has 34 heavy (non-hydrogen) atoms. The molecular formula is C17H21N4O11P2+. The van der Waals surface area contributed by atoms with Crippen molar-refractivity contribution in [3.05, 3.63) is 58.9 Å². The average molecular weight is 519 g/mol. The number of benzene rings is 1. The molecule has 1 aliphatic rings. The van der Waals surface area contributed by atoms with E-state index >= 15 is 0 Å². The quantitative estimate of drug-likeness (QED) is 0.154. The number of hydrogen-bond acceptors (Lipinski definition) is 9.